The molecule has 2 aliphatic rings. The first-order chi connectivity index (χ1) is 16.0. The molecule has 0 saturated heterocycles. The van der Waals surface area contributed by atoms with Crippen LogP contribution in [0.25, 0.3) is 6.08 Å². The first kappa shape index (κ1) is 22.2. The lowest BCUT2D eigenvalue weighted by Crippen LogP contribution is -2.35. The molecule has 1 aromatic carbocycles. The number of hydrazone groups is 1. The summed E-state index contributed by atoms with van der Waals surface area (Å²) < 4.78 is 15.9. The van der Waals surface area contributed by atoms with E-state index in [0.717, 1.165) is 5.56 Å². The van der Waals surface area contributed by atoms with Crippen LogP contribution in [0.1, 0.15) is 18.1 Å². The Bertz CT molecular complexity index is 1210. The van der Waals surface area contributed by atoms with Crippen LogP contribution in [-0.4, -0.2) is 58.2 Å². The van der Waals surface area contributed by atoms with Crippen molar-refractivity contribution in [2.75, 3.05) is 20.3 Å². The van der Waals surface area contributed by atoms with Gasteiger partial charge in [0.1, 0.15) is 5.04 Å². The quantitative estimate of drug-likeness (QED) is 0.489. The Hall–Kier alpha value is -3.99. The predicted octanol–water partition coefficient (Wildman–Crippen LogP) is 2.70. The van der Waals surface area contributed by atoms with Gasteiger partial charge >= 0.3 is 5.97 Å². The average Bonchev–Trinajstić information content (AvgIpc) is 3.25. The van der Waals surface area contributed by atoms with Crippen LogP contribution in [-0.2, 0) is 14.3 Å². The van der Waals surface area contributed by atoms with Gasteiger partial charge in [-0.15, -0.1) is 0 Å². The van der Waals surface area contributed by atoms with E-state index in [1.54, 1.807) is 49.6 Å². The molecule has 0 spiro atoms. The van der Waals surface area contributed by atoms with Crippen molar-refractivity contribution in [1.29, 1.82) is 5.41 Å². The molecule has 0 aliphatic carbocycles. The molecule has 11 heteroatoms. The van der Waals surface area contributed by atoms with Gasteiger partial charge in [0.25, 0.3) is 5.91 Å². The van der Waals surface area contributed by atoms with Crippen molar-refractivity contribution in [3.63, 3.8) is 0 Å². The van der Waals surface area contributed by atoms with Gasteiger partial charge in [-0.25, -0.2) is 4.79 Å². The van der Waals surface area contributed by atoms with E-state index in [1.165, 1.54) is 30.0 Å². The Balaban J connectivity index is 1.66. The van der Waals surface area contributed by atoms with Gasteiger partial charge in [0.2, 0.25) is 5.17 Å². The number of fused-ring (bicyclic) bond motifs is 1. The van der Waals surface area contributed by atoms with Gasteiger partial charge < -0.3 is 14.2 Å². The fourth-order valence-electron chi connectivity index (χ4n) is 3.05. The minimum absolute atomic E-state index is 0.0216. The van der Waals surface area contributed by atoms with Crippen LogP contribution in [0.5, 0.6) is 11.5 Å². The Morgan fingerprint density at radius 1 is 1.24 bits per heavy atom. The molecule has 0 unspecified atom stereocenters. The minimum atomic E-state index is -0.580. The monoisotopic (exact) mass is 465 g/mol. The number of ether oxygens (including phenoxy) is 3. The zero-order valence-corrected chi connectivity index (χ0v) is 18.6. The molecule has 1 N–H and O–H groups in total. The number of methoxy groups -OCH3 is 1. The number of thioether (sulfide) groups is 1. The van der Waals surface area contributed by atoms with Crippen LogP contribution in [0.2, 0.25) is 0 Å². The van der Waals surface area contributed by atoms with Crippen molar-refractivity contribution in [3.8, 4) is 11.5 Å². The molecule has 168 valence electrons. The summed E-state index contributed by atoms with van der Waals surface area (Å²) >= 11 is 1.20. The number of hydrogen-bond acceptors (Lipinski definition) is 9. The lowest BCUT2D eigenvalue weighted by molar-refractivity contribution is -0.145. The Morgan fingerprint density at radius 2 is 2.03 bits per heavy atom. The summed E-state index contributed by atoms with van der Waals surface area (Å²) in [5.41, 5.74) is 1.27. The van der Waals surface area contributed by atoms with E-state index in [4.69, 9.17) is 19.6 Å². The van der Waals surface area contributed by atoms with Gasteiger partial charge in [-0.3, -0.25) is 15.2 Å². The van der Waals surface area contributed by atoms with Crippen molar-refractivity contribution in [1.82, 2.24) is 9.99 Å². The molecule has 3 heterocycles. The number of nitrogens with one attached hydrogen (secondary N) is 1. The summed E-state index contributed by atoms with van der Waals surface area (Å²) in [6.07, 6.45) is 4.75. The van der Waals surface area contributed by atoms with Gasteiger partial charge in [0, 0.05) is 23.5 Å². The fraction of sp³-hybridized carbons (Fsp3) is 0.182. The minimum Gasteiger partial charge on any atom is -0.493 e. The number of benzene rings is 1. The number of pyridine rings is 1. The standard InChI is InChI=1S/C22H19N5O5S/c1-3-31-17(28)12-32-18-14(5-4-6-16(18)30-2)11-15-19(23)27-22(25-20(15)29)33-21(26-27)13-7-9-24-10-8-13/h4-11,23H,3,12H2,1-2H3/b15-11-,23-19?. The van der Waals surface area contributed by atoms with Crippen LogP contribution >= 0.6 is 11.8 Å². The number of rotatable bonds is 7. The number of para-hydroxylation sites is 1. The predicted molar refractivity (Wildman–Crippen MR) is 123 cm³/mol. The zero-order chi connectivity index (χ0) is 23.4. The molecular formula is C22H19N5O5S. The van der Waals surface area contributed by atoms with E-state index in [0.29, 0.717) is 21.5 Å². The van der Waals surface area contributed by atoms with E-state index in [2.05, 4.69) is 15.1 Å². The van der Waals surface area contributed by atoms with Crippen LogP contribution in [0.4, 0.5) is 0 Å². The number of hydrogen-bond donors (Lipinski definition) is 1. The van der Waals surface area contributed by atoms with E-state index >= 15 is 0 Å². The van der Waals surface area contributed by atoms with E-state index in [-0.39, 0.29) is 30.4 Å². The van der Waals surface area contributed by atoms with Gasteiger partial charge in [0.05, 0.1) is 19.3 Å². The Labute approximate surface area is 193 Å². The highest BCUT2D eigenvalue weighted by Crippen LogP contribution is 2.35. The first-order valence-electron chi connectivity index (χ1n) is 9.87. The fourth-order valence-corrected chi connectivity index (χ4v) is 3.95. The summed E-state index contributed by atoms with van der Waals surface area (Å²) in [6, 6.07) is 8.63. The highest BCUT2D eigenvalue weighted by Gasteiger charge is 2.36. The van der Waals surface area contributed by atoms with Crippen molar-refractivity contribution in [2.45, 2.75) is 6.92 Å². The van der Waals surface area contributed by atoms with Crippen molar-refractivity contribution >= 4 is 45.8 Å². The second-order valence-electron chi connectivity index (χ2n) is 6.63. The Morgan fingerprint density at radius 3 is 2.76 bits per heavy atom. The van der Waals surface area contributed by atoms with Crippen molar-refractivity contribution in [3.05, 3.63) is 59.4 Å². The molecule has 0 saturated carbocycles. The highest BCUT2D eigenvalue weighted by molar-refractivity contribution is 8.27. The number of amidine groups is 2. The third-order valence-electron chi connectivity index (χ3n) is 4.55. The molecule has 0 atom stereocenters. The third kappa shape index (κ3) is 4.62. The number of aliphatic imine (C=N–C) groups is 1. The number of carbonyl (C=O) groups is 2. The maximum Gasteiger partial charge on any atom is 0.344 e. The van der Waals surface area contributed by atoms with Crippen molar-refractivity contribution in [2.24, 2.45) is 10.1 Å². The summed E-state index contributed by atoms with van der Waals surface area (Å²) in [5.74, 6) is -0.635. The van der Waals surface area contributed by atoms with Crippen LogP contribution in [0, 0.1) is 5.41 Å². The maximum absolute atomic E-state index is 12.8. The molecule has 0 radical (unpaired) electrons. The summed E-state index contributed by atoms with van der Waals surface area (Å²) in [7, 11) is 1.46. The lowest BCUT2D eigenvalue weighted by atomic mass is 10.1. The third-order valence-corrected chi connectivity index (χ3v) is 5.51. The first-order valence-corrected chi connectivity index (χ1v) is 10.7. The molecule has 0 fully saturated rings. The molecular weight excluding hydrogens is 446 g/mol. The normalized spacial score (nSPS) is 16.3. The molecule has 2 aliphatic heterocycles. The topological polar surface area (TPSA) is 127 Å². The molecule has 10 nitrogen and oxygen atoms in total. The second-order valence-corrected chi connectivity index (χ2v) is 7.59. The summed E-state index contributed by atoms with van der Waals surface area (Å²) in [4.78, 5) is 32.6. The van der Waals surface area contributed by atoms with E-state index in [1.807, 2.05) is 0 Å². The van der Waals surface area contributed by atoms with Crippen molar-refractivity contribution < 1.29 is 23.8 Å². The average molecular weight is 465 g/mol. The number of carbonyl (C=O) groups excluding carboxylic acids is 2. The number of nitrogens with zero attached hydrogens (tertiary/aromatic N) is 4. The second kappa shape index (κ2) is 9.65. The summed E-state index contributed by atoms with van der Waals surface area (Å²) in [5, 5.41) is 15.2. The molecule has 33 heavy (non-hydrogen) atoms. The largest absolute Gasteiger partial charge is 0.493 e. The smallest absolute Gasteiger partial charge is 0.344 e. The molecule has 1 aromatic heterocycles. The lowest BCUT2D eigenvalue weighted by Gasteiger charge is -2.20. The van der Waals surface area contributed by atoms with E-state index in [9.17, 15) is 9.59 Å². The van der Waals surface area contributed by atoms with Gasteiger partial charge in [-0.1, -0.05) is 12.1 Å². The SMILES string of the molecule is CCOC(=O)COc1c(/C=C2/C(=N)N3N=C(c4ccncc4)SC3=NC2=O)cccc1OC. The Kier molecular flexibility index (Phi) is 6.50. The van der Waals surface area contributed by atoms with Crippen LogP contribution < -0.4 is 9.47 Å². The van der Waals surface area contributed by atoms with Gasteiger partial charge in [-0.2, -0.15) is 15.1 Å². The number of amides is 1. The molecule has 1 amide bonds. The van der Waals surface area contributed by atoms with E-state index < -0.39 is 11.9 Å². The molecule has 4 rings (SSSR count). The van der Waals surface area contributed by atoms with Gasteiger partial charge in [-0.05, 0) is 43.0 Å². The zero-order valence-electron chi connectivity index (χ0n) is 17.8. The number of aromatic nitrogens is 1. The molecule has 0 bridgehead atoms. The van der Waals surface area contributed by atoms with Crippen LogP contribution in [0.15, 0.2) is 58.4 Å². The van der Waals surface area contributed by atoms with Crippen LogP contribution in [0.3, 0.4) is 0 Å². The highest BCUT2D eigenvalue weighted by atomic mass is 32.2. The maximum atomic E-state index is 12.8. The van der Waals surface area contributed by atoms with Gasteiger partial charge in [0.15, 0.2) is 23.9 Å². The molecule has 2 aromatic rings. The number of esters is 1. The summed E-state index contributed by atoms with van der Waals surface area (Å²) in [6.45, 7) is 1.60.